The molecule has 1 fully saturated rings. The van der Waals surface area contributed by atoms with Gasteiger partial charge in [0.25, 0.3) is 0 Å². The fourth-order valence-corrected chi connectivity index (χ4v) is 3.71. The summed E-state index contributed by atoms with van der Waals surface area (Å²) >= 11 is 0. The Balaban J connectivity index is 2.27. The molecule has 0 heterocycles. The van der Waals surface area contributed by atoms with Gasteiger partial charge in [0, 0.05) is 6.42 Å². The van der Waals surface area contributed by atoms with E-state index >= 15 is 0 Å². The average molecular weight is 250 g/mol. The summed E-state index contributed by atoms with van der Waals surface area (Å²) < 4.78 is 0. The van der Waals surface area contributed by atoms with Crippen LogP contribution in [0.5, 0.6) is 0 Å². The summed E-state index contributed by atoms with van der Waals surface area (Å²) in [6.07, 6.45) is 5.10. The summed E-state index contributed by atoms with van der Waals surface area (Å²) in [4.78, 5) is 11.6. The zero-order valence-corrected chi connectivity index (χ0v) is 11.0. The lowest BCUT2D eigenvalue weighted by molar-refractivity contribution is -0.117. The van der Waals surface area contributed by atoms with E-state index in [9.17, 15) is 15.0 Å². The van der Waals surface area contributed by atoms with Crippen molar-refractivity contribution >= 4 is 5.78 Å². The molecule has 0 aromatic heterocycles. The molecule has 2 rings (SSSR count). The number of aliphatic hydroxyl groups is 2. The summed E-state index contributed by atoms with van der Waals surface area (Å²) in [6.45, 7) is 6.03. The Morgan fingerprint density at radius 2 is 2.28 bits per heavy atom. The molecule has 3 heteroatoms. The van der Waals surface area contributed by atoms with Crippen LogP contribution in [-0.4, -0.2) is 29.2 Å². The number of allylic oxidation sites excluding steroid dienone is 1. The van der Waals surface area contributed by atoms with Gasteiger partial charge in [-0.25, -0.2) is 0 Å². The zero-order valence-electron chi connectivity index (χ0n) is 11.0. The topological polar surface area (TPSA) is 57.5 Å². The summed E-state index contributed by atoms with van der Waals surface area (Å²) in [7, 11) is 0. The summed E-state index contributed by atoms with van der Waals surface area (Å²) in [5.74, 6) is 0.718. The lowest BCUT2D eigenvalue weighted by Crippen LogP contribution is -2.35. The van der Waals surface area contributed by atoms with E-state index in [0.29, 0.717) is 12.3 Å². The number of carbonyl (C=O) groups excluding carboxylic acids is 1. The first-order chi connectivity index (χ1) is 8.53. The molecule has 3 nitrogen and oxygen atoms in total. The van der Waals surface area contributed by atoms with Gasteiger partial charge >= 0.3 is 0 Å². The first-order valence-corrected chi connectivity index (χ1v) is 6.66. The minimum absolute atomic E-state index is 0.0333. The fourth-order valence-electron chi connectivity index (χ4n) is 3.71. The van der Waals surface area contributed by atoms with Crippen LogP contribution in [0.4, 0.5) is 0 Å². The molecule has 2 N–H and O–H groups in total. The smallest absolute Gasteiger partial charge is 0.156 e. The van der Waals surface area contributed by atoms with Crippen LogP contribution in [0.25, 0.3) is 0 Å². The van der Waals surface area contributed by atoms with E-state index < -0.39 is 0 Å². The van der Waals surface area contributed by atoms with E-state index in [1.807, 2.05) is 0 Å². The monoisotopic (exact) mass is 250 g/mol. The molecule has 0 unspecified atom stereocenters. The van der Waals surface area contributed by atoms with Crippen molar-refractivity contribution in [2.45, 2.75) is 32.6 Å². The van der Waals surface area contributed by atoms with Gasteiger partial charge in [-0.3, -0.25) is 4.79 Å². The largest absolute Gasteiger partial charge is 0.392 e. The lowest BCUT2D eigenvalue weighted by atomic mass is 9.64. The lowest BCUT2D eigenvalue weighted by Gasteiger charge is -2.40. The van der Waals surface area contributed by atoms with E-state index in [-0.39, 0.29) is 30.3 Å². The van der Waals surface area contributed by atoms with E-state index in [1.165, 1.54) is 0 Å². The minimum atomic E-state index is -0.0502. The van der Waals surface area contributed by atoms with Crippen LogP contribution >= 0.6 is 0 Å². The summed E-state index contributed by atoms with van der Waals surface area (Å²) in [6, 6.07) is 0. The Morgan fingerprint density at radius 1 is 1.56 bits per heavy atom. The molecule has 3 atom stereocenters. The molecule has 0 saturated heterocycles. The third-order valence-electron chi connectivity index (χ3n) is 4.93. The second-order valence-electron chi connectivity index (χ2n) is 5.81. The van der Waals surface area contributed by atoms with Gasteiger partial charge in [-0.05, 0) is 53.7 Å². The van der Waals surface area contributed by atoms with Crippen molar-refractivity contribution in [1.29, 1.82) is 0 Å². The third-order valence-corrected chi connectivity index (χ3v) is 4.93. The zero-order chi connectivity index (χ0) is 13.3. The highest BCUT2D eigenvalue weighted by Crippen LogP contribution is 2.55. The van der Waals surface area contributed by atoms with E-state index in [4.69, 9.17) is 0 Å². The minimum Gasteiger partial charge on any atom is -0.392 e. The Labute approximate surface area is 108 Å². The van der Waals surface area contributed by atoms with Crippen molar-refractivity contribution in [1.82, 2.24) is 0 Å². The molecular weight excluding hydrogens is 228 g/mol. The van der Waals surface area contributed by atoms with E-state index in [2.05, 4.69) is 13.5 Å². The number of ketones is 1. The Morgan fingerprint density at radius 3 is 2.89 bits per heavy atom. The number of hydrogen-bond acceptors (Lipinski definition) is 3. The number of carbonyl (C=O) groups is 1. The molecule has 1 saturated carbocycles. The van der Waals surface area contributed by atoms with Crippen LogP contribution in [0.15, 0.2) is 23.8 Å². The van der Waals surface area contributed by atoms with Crippen molar-refractivity contribution in [2.24, 2.45) is 17.3 Å². The van der Waals surface area contributed by atoms with Crippen LogP contribution in [-0.2, 0) is 4.79 Å². The highest BCUT2D eigenvalue weighted by molar-refractivity contribution is 5.92. The van der Waals surface area contributed by atoms with Crippen molar-refractivity contribution in [3.8, 4) is 0 Å². The average Bonchev–Trinajstić information content (AvgIpc) is 2.79. The van der Waals surface area contributed by atoms with Gasteiger partial charge in [0.05, 0.1) is 13.2 Å². The predicted molar refractivity (Wildman–Crippen MR) is 70.0 cm³/mol. The van der Waals surface area contributed by atoms with Gasteiger partial charge < -0.3 is 10.2 Å². The molecule has 18 heavy (non-hydrogen) atoms. The van der Waals surface area contributed by atoms with Crippen molar-refractivity contribution in [2.75, 3.05) is 13.2 Å². The van der Waals surface area contributed by atoms with Gasteiger partial charge in [-0.2, -0.15) is 0 Å². The molecule has 0 aromatic carbocycles. The SMILES string of the molecule is C=C(CO)[C@H]1CC[C@]2(C1)C(CO)=CC(=O)C[C@H]2C. The molecule has 2 aliphatic rings. The Hall–Kier alpha value is -0.930. The van der Waals surface area contributed by atoms with E-state index in [0.717, 1.165) is 30.4 Å². The highest BCUT2D eigenvalue weighted by atomic mass is 16.3. The molecule has 0 aromatic rings. The standard InChI is InChI=1S/C15H22O3/c1-10(8-16)12-3-4-15(7-12)11(2)5-14(18)6-13(15)9-17/h6,11-12,16-17H,1,3-5,7-9H2,2H3/t11-,12+,15-/m1/s1. The second kappa shape index (κ2) is 4.98. The van der Waals surface area contributed by atoms with Crippen molar-refractivity contribution in [3.05, 3.63) is 23.8 Å². The highest BCUT2D eigenvalue weighted by Gasteiger charge is 2.48. The van der Waals surface area contributed by atoms with Crippen LogP contribution < -0.4 is 0 Å². The van der Waals surface area contributed by atoms with Crippen LogP contribution in [0.3, 0.4) is 0 Å². The fraction of sp³-hybridized carbons (Fsp3) is 0.667. The molecule has 0 bridgehead atoms. The second-order valence-corrected chi connectivity index (χ2v) is 5.81. The normalized spacial score (nSPS) is 35.9. The van der Waals surface area contributed by atoms with Gasteiger partial charge in [-0.15, -0.1) is 0 Å². The molecule has 2 aliphatic carbocycles. The molecule has 0 aliphatic heterocycles. The molecule has 100 valence electrons. The summed E-state index contributed by atoms with van der Waals surface area (Å²) in [5.41, 5.74) is 1.72. The van der Waals surface area contributed by atoms with Crippen molar-refractivity contribution < 1.29 is 15.0 Å². The van der Waals surface area contributed by atoms with Gasteiger partial charge in [0.15, 0.2) is 5.78 Å². The predicted octanol–water partition coefficient (Wildman–Crippen LogP) is 1.85. The molecule has 1 spiro atoms. The first-order valence-electron chi connectivity index (χ1n) is 6.66. The quantitative estimate of drug-likeness (QED) is 0.752. The molecule has 0 amide bonds. The Kier molecular flexibility index (Phi) is 3.74. The number of aliphatic hydroxyl groups excluding tert-OH is 2. The number of rotatable bonds is 3. The molecule has 0 radical (unpaired) electrons. The van der Waals surface area contributed by atoms with Gasteiger partial charge in [0.1, 0.15) is 0 Å². The maximum atomic E-state index is 11.6. The maximum Gasteiger partial charge on any atom is 0.156 e. The third kappa shape index (κ3) is 2.06. The Bertz CT molecular complexity index is 397. The number of hydrogen-bond donors (Lipinski definition) is 2. The van der Waals surface area contributed by atoms with Crippen LogP contribution in [0, 0.1) is 17.3 Å². The van der Waals surface area contributed by atoms with Crippen LogP contribution in [0.1, 0.15) is 32.6 Å². The van der Waals surface area contributed by atoms with E-state index in [1.54, 1.807) is 6.08 Å². The maximum absolute atomic E-state index is 11.6. The summed E-state index contributed by atoms with van der Waals surface area (Å²) in [5, 5.41) is 18.7. The van der Waals surface area contributed by atoms with Crippen molar-refractivity contribution in [3.63, 3.8) is 0 Å². The molecular formula is C15H22O3. The van der Waals surface area contributed by atoms with Gasteiger partial charge in [0.2, 0.25) is 0 Å². The first kappa shape index (κ1) is 13.5. The van der Waals surface area contributed by atoms with Gasteiger partial charge in [-0.1, -0.05) is 13.5 Å². The van der Waals surface area contributed by atoms with Crippen LogP contribution in [0.2, 0.25) is 0 Å².